The lowest BCUT2D eigenvalue weighted by Crippen LogP contribution is -2.49. The van der Waals surface area contributed by atoms with E-state index in [1.807, 2.05) is 23.1 Å². The van der Waals surface area contributed by atoms with Gasteiger partial charge in [0.05, 0.1) is 4.90 Å². The molecule has 1 saturated heterocycles. The van der Waals surface area contributed by atoms with Crippen molar-refractivity contribution < 1.29 is 13.2 Å². The standard InChI is InChI=1S/C22H22N4O3S/c27-22(26-16-14-25(15-17-26)21-8-4-5-13-23-21)18-9-11-19(12-10-18)24-30(28,29)20-6-2-1-3-7-20/h1-13,24H,14-17H2. The molecule has 8 heteroatoms. The maximum atomic E-state index is 12.8. The number of carbonyl (C=O) groups excluding carboxylic acids is 1. The summed E-state index contributed by atoms with van der Waals surface area (Å²) in [5, 5.41) is 0. The van der Waals surface area contributed by atoms with Crippen molar-refractivity contribution in [2.24, 2.45) is 0 Å². The summed E-state index contributed by atoms with van der Waals surface area (Å²) in [6, 6.07) is 20.5. The molecule has 30 heavy (non-hydrogen) atoms. The first-order valence-electron chi connectivity index (χ1n) is 9.66. The smallest absolute Gasteiger partial charge is 0.261 e. The summed E-state index contributed by atoms with van der Waals surface area (Å²) in [4.78, 5) is 21.3. The summed E-state index contributed by atoms with van der Waals surface area (Å²) in [6.45, 7) is 2.66. The molecular weight excluding hydrogens is 400 g/mol. The van der Waals surface area contributed by atoms with Crippen LogP contribution in [-0.2, 0) is 10.0 Å². The molecular formula is C22H22N4O3S. The molecule has 3 aromatic rings. The number of piperazine rings is 1. The Kier molecular flexibility index (Phi) is 5.67. The first kappa shape index (κ1) is 19.9. The van der Waals surface area contributed by atoms with Gasteiger partial charge < -0.3 is 9.80 Å². The minimum absolute atomic E-state index is 0.0619. The summed E-state index contributed by atoms with van der Waals surface area (Å²) < 4.78 is 27.4. The molecule has 0 spiro atoms. The van der Waals surface area contributed by atoms with Gasteiger partial charge in [0.2, 0.25) is 0 Å². The molecule has 2 aromatic carbocycles. The molecule has 0 atom stereocenters. The summed E-state index contributed by atoms with van der Waals surface area (Å²) in [7, 11) is -3.66. The number of benzene rings is 2. The van der Waals surface area contributed by atoms with Crippen LogP contribution in [0.5, 0.6) is 0 Å². The molecule has 1 fully saturated rings. The van der Waals surface area contributed by atoms with E-state index >= 15 is 0 Å². The third kappa shape index (κ3) is 4.44. The SMILES string of the molecule is O=C(c1ccc(NS(=O)(=O)c2ccccc2)cc1)N1CCN(c2ccccn2)CC1. The highest BCUT2D eigenvalue weighted by Gasteiger charge is 2.23. The van der Waals surface area contributed by atoms with E-state index in [1.165, 1.54) is 12.1 Å². The number of aromatic nitrogens is 1. The van der Waals surface area contributed by atoms with Gasteiger partial charge in [-0.2, -0.15) is 0 Å². The van der Waals surface area contributed by atoms with Gasteiger partial charge in [0.25, 0.3) is 15.9 Å². The fraction of sp³-hybridized carbons (Fsp3) is 0.182. The third-order valence-corrected chi connectivity index (χ3v) is 6.37. The number of carbonyl (C=O) groups is 1. The number of hydrogen-bond donors (Lipinski definition) is 1. The van der Waals surface area contributed by atoms with Gasteiger partial charge in [-0.1, -0.05) is 24.3 Å². The van der Waals surface area contributed by atoms with Crippen molar-refractivity contribution in [1.82, 2.24) is 9.88 Å². The molecule has 0 bridgehead atoms. The molecule has 0 aliphatic carbocycles. The van der Waals surface area contributed by atoms with Crippen molar-refractivity contribution in [2.45, 2.75) is 4.90 Å². The van der Waals surface area contributed by atoms with Crippen LogP contribution in [0.2, 0.25) is 0 Å². The molecule has 4 rings (SSSR count). The Morgan fingerprint density at radius 2 is 1.50 bits per heavy atom. The van der Waals surface area contributed by atoms with E-state index in [4.69, 9.17) is 0 Å². The zero-order valence-electron chi connectivity index (χ0n) is 16.3. The Hall–Kier alpha value is -3.39. The number of nitrogens with zero attached hydrogens (tertiary/aromatic N) is 3. The van der Waals surface area contributed by atoms with Crippen molar-refractivity contribution in [1.29, 1.82) is 0 Å². The maximum absolute atomic E-state index is 12.8. The van der Waals surface area contributed by atoms with E-state index in [-0.39, 0.29) is 10.8 Å². The average Bonchev–Trinajstić information content (AvgIpc) is 2.80. The zero-order chi connectivity index (χ0) is 21.0. The first-order chi connectivity index (χ1) is 14.5. The number of nitrogens with one attached hydrogen (secondary N) is 1. The Balaban J connectivity index is 1.38. The lowest BCUT2D eigenvalue weighted by atomic mass is 10.1. The molecule has 2 heterocycles. The number of amides is 1. The minimum atomic E-state index is -3.66. The highest BCUT2D eigenvalue weighted by Crippen LogP contribution is 2.18. The average molecular weight is 423 g/mol. The van der Waals surface area contributed by atoms with Gasteiger partial charge >= 0.3 is 0 Å². The summed E-state index contributed by atoms with van der Waals surface area (Å²) in [5.41, 5.74) is 0.944. The minimum Gasteiger partial charge on any atom is -0.353 e. The van der Waals surface area contributed by atoms with Crippen molar-refractivity contribution in [3.8, 4) is 0 Å². The fourth-order valence-corrected chi connectivity index (χ4v) is 4.44. The molecule has 1 aliphatic rings. The molecule has 154 valence electrons. The van der Waals surface area contributed by atoms with Crippen LogP contribution in [0.25, 0.3) is 0 Å². The lowest BCUT2D eigenvalue weighted by molar-refractivity contribution is 0.0746. The number of sulfonamides is 1. The summed E-state index contributed by atoms with van der Waals surface area (Å²) in [5.74, 6) is 0.854. The Morgan fingerprint density at radius 3 is 2.13 bits per heavy atom. The van der Waals surface area contributed by atoms with E-state index in [0.29, 0.717) is 24.3 Å². The van der Waals surface area contributed by atoms with E-state index in [0.717, 1.165) is 18.9 Å². The van der Waals surface area contributed by atoms with Crippen LogP contribution >= 0.6 is 0 Å². The van der Waals surface area contributed by atoms with Crippen molar-refractivity contribution in [3.63, 3.8) is 0 Å². The molecule has 0 unspecified atom stereocenters. The highest BCUT2D eigenvalue weighted by atomic mass is 32.2. The molecule has 1 N–H and O–H groups in total. The zero-order valence-corrected chi connectivity index (χ0v) is 17.1. The summed E-state index contributed by atoms with van der Waals surface area (Å²) in [6.07, 6.45) is 1.76. The summed E-state index contributed by atoms with van der Waals surface area (Å²) >= 11 is 0. The number of anilines is 2. The van der Waals surface area contributed by atoms with Gasteiger partial charge in [-0.15, -0.1) is 0 Å². The van der Waals surface area contributed by atoms with Gasteiger partial charge in [0.15, 0.2) is 0 Å². The lowest BCUT2D eigenvalue weighted by Gasteiger charge is -2.35. The van der Waals surface area contributed by atoms with E-state index in [9.17, 15) is 13.2 Å². The molecule has 1 amide bonds. The second-order valence-electron chi connectivity index (χ2n) is 6.96. The maximum Gasteiger partial charge on any atom is 0.261 e. The molecule has 1 aliphatic heterocycles. The normalized spacial score (nSPS) is 14.4. The Bertz CT molecular complexity index is 1100. The molecule has 0 radical (unpaired) electrons. The van der Waals surface area contributed by atoms with E-state index in [1.54, 1.807) is 48.7 Å². The third-order valence-electron chi connectivity index (χ3n) is 4.98. The van der Waals surface area contributed by atoms with Crippen LogP contribution in [0, 0.1) is 0 Å². The number of pyridine rings is 1. The van der Waals surface area contributed by atoms with Crippen LogP contribution < -0.4 is 9.62 Å². The van der Waals surface area contributed by atoms with E-state index < -0.39 is 10.0 Å². The quantitative estimate of drug-likeness (QED) is 0.684. The van der Waals surface area contributed by atoms with Crippen LogP contribution in [0.4, 0.5) is 11.5 Å². The number of rotatable bonds is 5. The second kappa shape index (κ2) is 8.54. The van der Waals surface area contributed by atoms with Gasteiger partial charge in [-0.3, -0.25) is 9.52 Å². The van der Waals surface area contributed by atoms with Crippen LogP contribution in [0.15, 0.2) is 83.9 Å². The van der Waals surface area contributed by atoms with Gasteiger partial charge in [0.1, 0.15) is 5.82 Å². The van der Waals surface area contributed by atoms with Crippen LogP contribution in [0.3, 0.4) is 0 Å². The van der Waals surface area contributed by atoms with Crippen molar-refractivity contribution >= 4 is 27.4 Å². The topological polar surface area (TPSA) is 82.6 Å². The fourth-order valence-electron chi connectivity index (χ4n) is 3.36. The predicted molar refractivity (Wildman–Crippen MR) is 116 cm³/mol. The Labute approximate surface area is 176 Å². The van der Waals surface area contributed by atoms with Crippen LogP contribution in [0.1, 0.15) is 10.4 Å². The monoisotopic (exact) mass is 422 g/mol. The molecule has 0 saturated carbocycles. The molecule has 1 aromatic heterocycles. The van der Waals surface area contributed by atoms with Crippen LogP contribution in [-0.4, -0.2) is 50.4 Å². The Morgan fingerprint density at radius 1 is 0.833 bits per heavy atom. The second-order valence-corrected chi connectivity index (χ2v) is 8.65. The number of hydrogen-bond acceptors (Lipinski definition) is 5. The van der Waals surface area contributed by atoms with Gasteiger partial charge in [-0.25, -0.2) is 13.4 Å². The predicted octanol–water partition coefficient (Wildman–Crippen LogP) is 2.84. The van der Waals surface area contributed by atoms with Crippen molar-refractivity contribution in [2.75, 3.05) is 35.8 Å². The van der Waals surface area contributed by atoms with Gasteiger partial charge in [0, 0.05) is 43.6 Å². The van der Waals surface area contributed by atoms with Crippen molar-refractivity contribution in [3.05, 3.63) is 84.6 Å². The highest BCUT2D eigenvalue weighted by molar-refractivity contribution is 7.92. The largest absolute Gasteiger partial charge is 0.353 e. The van der Waals surface area contributed by atoms with Gasteiger partial charge in [-0.05, 0) is 48.5 Å². The molecule has 7 nitrogen and oxygen atoms in total. The van der Waals surface area contributed by atoms with E-state index in [2.05, 4.69) is 14.6 Å². The first-order valence-corrected chi connectivity index (χ1v) is 11.1.